The van der Waals surface area contributed by atoms with Gasteiger partial charge in [-0.3, -0.25) is 0 Å². The predicted molar refractivity (Wildman–Crippen MR) is 208 cm³/mol. The van der Waals surface area contributed by atoms with E-state index in [0.717, 1.165) is 19.4 Å². The number of hydrogen-bond acceptors (Lipinski definition) is 6. The molecule has 1 N–H and O–H groups in total. The summed E-state index contributed by atoms with van der Waals surface area (Å²) in [5.74, 6) is 0. The first-order valence-corrected chi connectivity index (χ1v) is 20.9. The summed E-state index contributed by atoms with van der Waals surface area (Å²) >= 11 is 0. The molecule has 0 rings (SSSR count). The third-order valence-electron chi connectivity index (χ3n) is 9.56. The van der Waals surface area contributed by atoms with E-state index in [1.807, 2.05) is 27.7 Å². The minimum Gasteiger partial charge on any atom is -0.447 e. The Kier molecular flexibility index (Phi) is 33.6. The number of hydrogen-bond donors (Lipinski definition) is 1. The monoisotopic (exact) mass is 700 g/mol. The van der Waals surface area contributed by atoms with Crippen molar-refractivity contribution in [1.82, 2.24) is 5.32 Å². The van der Waals surface area contributed by atoms with Crippen molar-refractivity contribution in [1.29, 1.82) is 0 Å². The summed E-state index contributed by atoms with van der Waals surface area (Å²) in [6.07, 6.45) is 31.8. The standard InChI is InChI=1S/C42H85NO6/c1-8-10-12-14-16-18-20-22-24-26-28-30-34-46-36-39(47-35-31-29-27-25-23-21-19-17-15-13-11-9-2)37-48-40(44)43-33-32-41(3,4)49-38-42(5,6)45-7/h39H,8-38H2,1-7H3,(H,43,44). The molecular formula is C42H85NO6. The second-order valence-corrected chi connectivity index (χ2v) is 15.6. The smallest absolute Gasteiger partial charge is 0.407 e. The van der Waals surface area contributed by atoms with Gasteiger partial charge in [0.15, 0.2) is 0 Å². The van der Waals surface area contributed by atoms with E-state index in [1.165, 1.54) is 141 Å². The second kappa shape index (κ2) is 34.2. The molecule has 1 amide bonds. The summed E-state index contributed by atoms with van der Waals surface area (Å²) < 4.78 is 29.2. The highest BCUT2D eigenvalue weighted by atomic mass is 16.6. The summed E-state index contributed by atoms with van der Waals surface area (Å²) in [5, 5.41) is 2.87. The molecule has 0 aromatic rings. The highest BCUT2D eigenvalue weighted by Gasteiger charge is 2.25. The fourth-order valence-electron chi connectivity index (χ4n) is 5.78. The van der Waals surface area contributed by atoms with Gasteiger partial charge in [-0.25, -0.2) is 4.79 Å². The molecule has 0 fully saturated rings. The van der Waals surface area contributed by atoms with Crippen molar-refractivity contribution in [2.24, 2.45) is 0 Å². The Morgan fingerprint density at radius 2 is 1.00 bits per heavy atom. The summed E-state index contributed by atoms with van der Waals surface area (Å²) in [5.41, 5.74) is -0.731. The maximum atomic E-state index is 12.5. The molecule has 1 atom stereocenters. The average molecular weight is 700 g/mol. The number of rotatable bonds is 38. The number of nitrogens with one attached hydrogen (secondary N) is 1. The van der Waals surface area contributed by atoms with Gasteiger partial charge in [0.1, 0.15) is 12.7 Å². The number of carbonyl (C=O) groups excluding carboxylic acids is 1. The normalized spacial score (nSPS) is 12.8. The van der Waals surface area contributed by atoms with Gasteiger partial charge in [-0.2, -0.15) is 0 Å². The Bertz CT molecular complexity index is 701. The molecule has 0 aromatic heterocycles. The Balaban J connectivity index is 4.28. The molecule has 7 nitrogen and oxygen atoms in total. The SMILES string of the molecule is CCCCCCCCCCCCCCOCC(COC(=O)NCCC(C)(C)OCC(C)(C)OC)OCCCCCCCCCCCCCC. The Morgan fingerprint density at radius 3 is 1.45 bits per heavy atom. The molecule has 1 unspecified atom stereocenters. The van der Waals surface area contributed by atoms with Crippen molar-refractivity contribution in [3.8, 4) is 0 Å². The van der Waals surface area contributed by atoms with Gasteiger partial charge in [-0.1, -0.05) is 155 Å². The van der Waals surface area contributed by atoms with Crippen LogP contribution in [0.5, 0.6) is 0 Å². The lowest BCUT2D eigenvalue weighted by atomic mass is 10.0. The lowest BCUT2D eigenvalue weighted by Crippen LogP contribution is -2.38. The molecule has 0 heterocycles. The second-order valence-electron chi connectivity index (χ2n) is 15.6. The number of carbonyl (C=O) groups is 1. The topological polar surface area (TPSA) is 75.3 Å². The third kappa shape index (κ3) is 35.3. The van der Waals surface area contributed by atoms with Gasteiger partial charge in [0, 0.05) is 26.9 Å². The van der Waals surface area contributed by atoms with E-state index in [4.69, 9.17) is 23.7 Å². The zero-order chi connectivity index (χ0) is 36.3. The number of unbranched alkanes of at least 4 members (excludes halogenated alkanes) is 22. The van der Waals surface area contributed by atoms with Gasteiger partial charge < -0.3 is 29.0 Å². The number of ether oxygens (including phenoxy) is 5. The van der Waals surface area contributed by atoms with E-state index < -0.39 is 6.09 Å². The molecule has 0 radical (unpaired) electrons. The molecule has 294 valence electrons. The van der Waals surface area contributed by atoms with Crippen LogP contribution in [-0.4, -0.2) is 70.1 Å². The van der Waals surface area contributed by atoms with Crippen molar-refractivity contribution in [3.05, 3.63) is 0 Å². The van der Waals surface area contributed by atoms with E-state index in [0.29, 0.717) is 32.8 Å². The minimum absolute atomic E-state index is 0.199. The minimum atomic E-state index is -0.423. The van der Waals surface area contributed by atoms with Crippen molar-refractivity contribution >= 4 is 6.09 Å². The maximum Gasteiger partial charge on any atom is 0.407 e. The molecule has 0 saturated heterocycles. The molecule has 0 aliphatic carbocycles. The largest absolute Gasteiger partial charge is 0.447 e. The highest BCUT2D eigenvalue weighted by molar-refractivity contribution is 5.67. The Hall–Kier alpha value is -0.890. The van der Waals surface area contributed by atoms with Crippen LogP contribution in [-0.2, 0) is 23.7 Å². The van der Waals surface area contributed by atoms with Crippen LogP contribution in [0.2, 0.25) is 0 Å². The summed E-state index contributed by atoms with van der Waals surface area (Å²) in [6.45, 7) is 15.6. The molecule has 0 aliphatic rings. The van der Waals surface area contributed by atoms with Crippen LogP contribution in [0.3, 0.4) is 0 Å². The van der Waals surface area contributed by atoms with Crippen LogP contribution in [0.25, 0.3) is 0 Å². The molecule has 0 aliphatic heterocycles. The number of amides is 1. The Morgan fingerprint density at radius 1 is 0.571 bits per heavy atom. The number of alkyl carbamates (subject to hydrolysis) is 1. The van der Waals surface area contributed by atoms with Crippen LogP contribution in [0.4, 0.5) is 4.79 Å². The van der Waals surface area contributed by atoms with E-state index in [2.05, 4.69) is 19.2 Å². The highest BCUT2D eigenvalue weighted by Crippen LogP contribution is 2.18. The molecule has 0 aromatic carbocycles. The van der Waals surface area contributed by atoms with Gasteiger partial charge in [0.2, 0.25) is 0 Å². The van der Waals surface area contributed by atoms with Crippen LogP contribution < -0.4 is 5.32 Å². The van der Waals surface area contributed by atoms with E-state index in [1.54, 1.807) is 7.11 Å². The zero-order valence-electron chi connectivity index (χ0n) is 33.9. The summed E-state index contributed by atoms with van der Waals surface area (Å²) in [6, 6.07) is 0. The Labute approximate surface area is 305 Å². The van der Waals surface area contributed by atoms with Crippen LogP contribution in [0, 0.1) is 0 Å². The maximum absolute atomic E-state index is 12.5. The first kappa shape index (κ1) is 48.1. The van der Waals surface area contributed by atoms with E-state index in [-0.39, 0.29) is 23.9 Å². The van der Waals surface area contributed by atoms with Crippen molar-refractivity contribution < 1.29 is 28.5 Å². The quantitative estimate of drug-likeness (QED) is 0.0647. The lowest BCUT2D eigenvalue weighted by Gasteiger charge is -2.31. The van der Waals surface area contributed by atoms with Crippen molar-refractivity contribution in [3.63, 3.8) is 0 Å². The molecule has 0 bridgehead atoms. The van der Waals surface area contributed by atoms with Crippen LogP contribution >= 0.6 is 0 Å². The fraction of sp³-hybridized carbons (Fsp3) is 0.976. The first-order valence-electron chi connectivity index (χ1n) is 20.9. The van der Waals surface area contributed by atoms with Crippen molar-refractivity contribution in [2.75, 3.05) is 46.7 Å². The van der Waals surface area contributed by atoms with Crippen LogP contribution in [0.15, 0.2) is 0 Å². The van der Waals surface area contributed by atoms with Gasteiger partial charge in [-0.15, -0.1) is 0 Å². The van der Waals surface area contributed by atoms with Gasteiger partial charge in [0.25, 0.3) is 0 Å². The fourth-order valence-corrected chi connectivity index (χ4v) is 5.78. The molecule has 0 saturated carbocycles. The number of methoxy groups -OCH3 is 1. The third-order valence-corrected chi connectivity index (χ3v) is 9.56. The average Bonchev–Trinajstić information content (AvgIpc) is 3.08. The van der Waals surface area contributed by atoms with E-state index in [9.17, 15) is 4.79 Å². The van der Waals surface area contributed by atoms with Gasteiger partial charge in [-0.05, 0) is 47.0 Å². The summed E-state index contributed by atoms with van der Waals surface area (Å²) in [7, 11) is 1.69. The van der Waals surface area contributed by atoms with Gasteiger partial charge >= 0.3 is 6.09 Å². The van der Waals surface area contributed by atoms with Gasteiger partial charge in [0.05, 0.1) is 24.4 Å². The molecule has 0 spiro atoms. The molecular weight excluding hydrogens is 614 g/mol. The van der Waals surface area contributed by atoms with Crippen LogP contribution in [0.1, 0.15) is 202 Å². The molecule has 49 heavy (non-hydrogen) atoms. The lowest BCUT2D eigenvalue weighted by molar-refractivity contribution is -0.108. The zero-order valence-corrected chi connectivity index (χ0v) is 33.9. The molecule has 7 heteroatoms. The predicted octanol–water partition coefficient (Wildman–Crippen LogP) is 12.1. The van der Waals surface area contributed by atoms with Crippen molar-refractivity contribution in [2.45, 2.75) is 219 Å². The summed E-state index contributed by atoms with van der Waals surface area (Å²) in [4.78, 5) is 12.5. The first-order chi connectivity index (χ1) is 23.7. The van der Waals surface area contributed by atoms with E-state index >= 15 is 0 Å².